The van der Waals surface area contributed by atoms with Crippen LogP contribution in [0.5, 0.6) is 0 Å². The molecule has 1 aliphatic rings. The van der Waals surface area contributed by atoms with Crippen molar-refractivity contribution in [2.45, 2.75) is 19.4 Å². The maximum atomic E-state index is 11.9. The fourth-order valence-corrected chi connectivity index (χ4v) is 3.67. The summed E-state index contributed by atoms with van der Waals surface area (Å²) < 4.78 is 25.2. The van der Waals surface area contributed by atoms with Crippen LogP contribution in [0.25, 0.3) is 0 Å². The summed E-state index contributed by atoms with van der Waals surface area (Å²) in [6, 6.07) is 7.11. The highest BCUT2D eigenvalue weighted by Gasteiger charge is 2.33. The summed E-state index contributed by atoms with van der Waals surface area (Å²) >= 11 is 0. The van der Waals surface area contributed by atoms with E-state index in [0.717, 1.165) is 6.42 Å². The number of nitrogens with zero attached hydrogens (tertiary/aromatic N) is 1. The maximum Gasteiger partial charge on any atom is 0.238 e. The minimum atomic E-state index is -3.36. The number of hydrogen-bond donors (Lipinski definition) is 1. The zero-order valence-electron chi connectivity index (χ0n) is 9.13. The van der Waals surface area contributed by atoms with Crippen LogP contribution in [0.1, 0.15) is 25.0 Å². The minimum Gasteiger partial charge on any atom is -0.387 e. The Morgan fingerprint density at radius 3 is 2.81 bits per heavy atom. The molecule has 1 aromatic rings. The molecule has 5 heteroatoms. The Morgan fingerprint density at radius 2 is 2.12 bits per heavy atom. The van der Waals surface area contributed by atoms with Crippen LogP contribution in [-0.4, -0.2) is 25.8 Å². The molecule has 0 saturated carbocycles. The van der Waals surface area contributed by atoms with E-state index < -0.39 is 16.1 Å². The van der Waals surface area contributed by atoms with Crippen LogP contribution in [0.3, 0.4) is 0 Å². The van der Waals surface area contributed by atoms with Crippen molar-refractivity contribution in [3.8, 4) is 0 Å². The summed E-state index contributed by atoms with van der Waals surface area (Å²) in [7, 11) is -3.36. The maximum absolute atomic E-state index is 11.9. The third kappa shape index (κ3) is 1.81. The van der Waals surface area contributed by atoms with Crippen molar-refractivity contribution in [2.24, 2.45) is 0 Å². The molecule has 1 N–H and O–H groups in total. The van der Waals surface area contributed by atoms with Gasteiger partial charge in [-0.25, -0.2) is 8.42 Å². The molecule has 0 spiro atoms. The van der Waals surface area contributed by atoms with Gasteiger partial charge in [-0.3, -0.25) is 4.31 Å². The molecule has 0 amide bonds. The predicted octanol–water partition coefficient (Wildman–Crippen LogP) is 1.28. The Balaban J connectivity index is 2.54. The van der Waals surface area contributed by atoms with Gasteiger partial charge in [0.2, 0.25) is 10.0 Å². The third-order valence-corrected chi connectivity index (χ3v) is 4.48. The van der Waals surface area contributed by atoms with Gasteiger partial charge in [0.15, 0.2) is 0 Å². The summed E-state index contributed by atoms with van der Waals surface area (Å²) in [5.74, 6) is -0.218. The number of fused-ring (bicyclic) bond motifs is 1. The molecular weight excluding hydrogens is 226 g/mol. The largest absolute Gasteiger partial charge is 0.387 e. The monoisotopic (exact) mass is 241 g/mol. The molecule has 0 radical (unpaired) electrons. The molecule has 4 nitrogen and oxygen atoms in total. The number of para-hydroxylation sites is 1. The lowest BCUT2D eigenvalue weighted by Crippen LogP contribution is -2.40. The van der Waals surface area contributed by atoms with E-state index in [9.17, 15) is 13.5 Å². The second-order valence-corrected chi connectivity index (χ2v) is 5.86. The normalized spacial score (nSPS) is 22.9. The molecule has 0 aliphatic carbocycles. The van der Waals surface area contributed by atoms with Gasteiger partial charge in [0.05, 0.1) is 17.5 Å². The van der Waals surface area contributed by atoms with E-state index in [1.54, 1.807) is 18.2 Å². The summed E-state index contributed by atoms with van der Waals surface area (Å²) in [5.41, 5.74) is 1.31. The van der Waals surface area contributed by atoms with E-state index in [0.29, 0.717) is 17.8 Å². The van der Waals surface area contributed by atoms with Crippen LogP contribution in [0, 0.1) is 0 Å². The van der Waals surface area contributed by atoms with E-state index in [4.69, 9.17) is 0 Å². The lowest BCUT2D eigenvalue weighted by Gasteiger charge is -2.32. The van der Waals surface area contributed by atoms with Crippen molar-refractivity contribution in [1.29, 1.82) is 0 Å². The van der Waals surface area contributed by atoms with Crippen molar-refractivity contribution < 1.29 is 13.5 Å². The Hall–Kier alpha value is -1.07. The number of sulfonamides is 1. The molecule has 0 bridgehead atoms. The van der Waals surface area contributed by atoms with Crippen molar-refractivity contribution in [3.63, 3.8) is 0 Å². The van der Waals surface area contributed by atoms with Gasteiger partial charge in [-0.1, -0.05) is 25.1 Å². The average Bonchev–Trinajstić information content (AvgIpc) is 2.23. The second kappa shape index (κ2) is 4.07. The van der Waals surface area contributed by atoms with Gasteiger partial charge in [0, 0.05) is 12.1 Å². The Bertz CT molecular complexity index is 484. The number of aliphatic hydroxyl groups excluding tert-OH is 1. The topological polar surface area (TPSA) is 57.6 Å². The average molecular weight is 241 g/mol. The standard InChI is InChI=1S/C11H15NO3S/c1-2-7-12-10-6-4-3-5-9(10)11(13)8-16(12,14)15/h3-6,11,13H,2,7-8H2,1H3/t11-/m1/s1. The SMILES string of the molecule is CCCN1c2ccccc2[C@H](O)CS1(=O)=O. The van der Waals surface area contributed by atoms with Crippen LogP contribution in [0.4, 0.5) is 5.69 Å². The molecule has 16 heavy (non-hydrogen) atoms. The highest BCUT2D eigenvalue weighted by Crippen LogP contribution is 2.34. The summed E-state index contributed by atoms with van der Waals surface area (Å²) in [5, 5.41) is 9.78. The molecule has 1 aliphatic heterocycles. The van der Waals surface area contributed by atoms with Crippen molar-refractivity contribution in [2.75, 3.05) is 16.6 Å². The summed E-state index contributed by atoms with van der Waals surface area (Å²) in [6.45, 7) is 2.40. The molecule has 0 saturated heterocycles. The van der Waals surface area contributed by atoms with Crippen LogP contribution in [0.15, 0.2) is 24.3 Å². The molecule has 88 valence electrons. The molecule has 0 fully saturated rings. The van der Waals surface area contributed by atoms with Gasteiger partial charge < -0.3 is 5.11 Å². The zero-order valence-corrected chi connectivity index (χ0v) is 9.94. The van der Waals surface area contributed by atoms with Crippen molar-refractivity contribution >= 4 is 15.7 Å². The first kappa shape index (κ1) is 11.4. The number of benzene rings is 1. The Labute approximate surface area is 95.6 Å². The predicted molar refractivity (Wildman–Crippen MR) is 62.8 cm³/mol. The van der Waals surface area contributed by atoms with Crippen LogP contribution in [-0.2, 0) is 10.0 Å². The molecular formula is C11H15NO3S. The highest BCUT2D eigenvalue weighted by atomic mass is 32.2. The van der Waals surface area contributed by atoms with E-state index >= 15 is 0 Å². The first-order chi connectivity index (χ1) is 7.56. The third-order valence-electron chi connectivity index (χ3n) is 2.70. The molecule has 1 aromatic carbocycles. The van der Waals surface area contributed by atoms with Gasteiger partial charge in [0.25, 0.3) is 0 Å². The Kier molecular flexibility index (Phi) is 2.90. The van der Waals surface area contributed by atoms with Crippen LogP contribution >= 0.6 is 0 Å². The quantitative estimate of drug-likeness (QED) is 0.848. The van der Waals surface area contributed by atoms with Gasteiger partial charge in [-0.2, -0.15) is 0 Å². The smallest absolute Gasteiger partial charge is 0.238 e. The van der Waals surface area contributed by atoms with Gasteiger partial charge >= 0.3 is 0 Å². The number of hydrogen-bond acceptors (Lipinski definition) is 3. The number of rotatable bonds is 2. The number of anilines is 1. The molecule has 2 rings (SSSR count). The first-order valence-corrected chi connectivity index (χ1v) is 6.94. The van der Waals surface area contributed by atoms with Gasteiger partial charge in [-0.15, -0.1) is 0 Å². The summed E-state index contributed by atoms with van der Waals surface area (Å²) in [6.07, 6.45) is -0.154. The zero-order chi connectivity index (χ0) is 11.8. The van der Waals surface area contributed by atoms with Crippen LogP contribution < -0.4 is 4.31 Å². The number of aliphatic hydroxyl groups is 1. The first-order valence-electron chi connectivity index (χ1n) is 5.33. The lowest BCUT2D eigenvalue weighted by atomic mass is 10.1. The molecule has 1 heterocycles. The molecule has 0 aromatic heterocycles. The fraction of sp³-hybridized carbons (Fsp3) is 0.455. The van der Waals surface area contributed by atoms with Gasteiger partial charge in [0.1, 0.15) is 0 Å². The second-order valence-electron chi connectivity index (χ2n) is 3.93. The highest BCUT2D eigenvalue weighted by molar-refractivity contribution is 7.92. The Morgan fingerprint density at radius 1 is 1.44 bits per heavy atom. The van der Waals surface area contributed by atoms with E-state index in [1.165, 1.54) is 4.31 Å². The minimum absolute atomic E-state index is 0.218. The molecule has 0 unspecified atom stereocenters. The van der Waals surface area contributed by atoms with E-state index in [1.807, 2.05) is 13.0 Å². The lowest BCUT2D eigenvalue weighted by molar-refractivity contribution is 0.200. The summed E-state index contributed by atoms with van der Waals surface area (Å²) in [4.78, 5) is 0. The van der Waals surface area contributed by atoms with E-state index in [-0.39, 0.29) is 5.75 Å². The van der Waals surface area contributed by atoms with Crippen molar-refractivity contribution in [3.05, 3.63) is 29.8 Å². The molecule has 1 atom stereocenters. The van der Waals surface area contributed by atoms with E-state index in [2.05, 4.69) is 0 Å². The van der Waals surface area contributed by atoms with Gasteiger partial charge in [-0.05, 0) is 12.5 Å². The van der Waals surface area contributed by atoms with Crippen LogP contribution in [0.2, 0.25) is 0 Å². The van der Waals surface area contributed by atoms with Crippen molar-refractivity contribution in [1.82, 2.24) is 0 Å². The fourth-order valence-electron chi connectivity index (χ4n) is 1.99.